The minimum absolute atomic E-state index is 0.0169. The monoisotopic (exact) mass is 238 g/mol. The summed E-state index contributed by atoms with van der Waals surface area (Å²) in [4.78, 5) is 9.88. The van der Waals surface area contributed by atoms with Crippen LogP contribution in [0.5, 0.6) is 0 Å². The van der Waals surface area contributed by atoms with Gasteiger partial charge in [-0.05, 0) is 19.1 Å². The summed E-state index contributed by atoms with van der Waals surface area (Å²) in [7, 11) is 0. The van der Waals surface area contributed by atoms with Crippen LogP contribution in [0.15, 0.2) is 53.8 Å². The average molecular weight is 238 g/mol. The number of benzene rings is 1. The lowest BCUT2D eigenvalue weighted by atomic mass is 9.97. The maximum Gasteiger partial charge on any atom is 0.158 e. The molecule has 0 bridgehead atoms. The predicted molar refractivity (Wildman–Crippen MR) is 71.2 cm³/mol. The summed E-state index contributed by atoms with van der Waals surface area (Å²) in [6, 6.07) is 14.1. The van der Waals surface area contributed by atoms with Crippen molar-refractivity contribution >= 4 is 5.71 Å². The third kappa shape index (κ3) is 1.99. The van der Waals surface area contributed by atoms with Crippen LogP contribution >= 0.6 is 0 Å². The van der Waals surface area contributed by atoms with E-state index in [0.29, 0.717) is 0 Å². The topological polar surface area (TPSA) is 34.5 Å². The molecule has 3 nitrogen and oxygen atoms in total. The van der Waals surface area contributed by atoms with Crippen LogP contribution in [-0.2, 0) is 4.84 Å². The highest BCUT2D eigenvalue weighted by Crippen LogP contribution is 2.33. The molecule has 0 N–H and O–H groups in total. The number of oxime groups is 1. The Balaban J connectivity index is 2.01. The smallest absolute Gasteiger partial charge is 0.158 e. The van der Waals surface area contributed by atoms with Crippen LogP contribution in [0.1, 0.15) is 25.0 Å². The second-order valence-electron chi connectivity index (χ2n) is 4.43. The number of aromatic nitrogens is 1. The van der Waals surface area contributed by atoms with E-state index >= 15 is 0 Å². The van der Waals surface area contributed by atoms with Crippen LogP contribution in [0.25, 0.3) is 11.3 Å². The number of hydrogen-bond donors (Lipinski definition) is 0. The molecule has 18 heavy (non-hydrogen) atoms. The van der Waals surface area contributed by atoms with Crippen molar-refractivity contribution in [3.05, 3.63) is 54.2 Å². The molecule has 1 aromatic heterocycles. The molecular formula is C15H14N2O. The summed E-state index contributed by atoms with van der Waals surface area (Å²) in [6.45, 7) is 1.99. The lowest BCUT2D eigenvalue weighted by Crippen LogP contribution is -2.00. The van der Waals surface area contributed by atoms with Crippen molar-refractivity contribution in [2.24, 2.45) is 5.16 Å². The zero-order valence-corrected chi connectivity index (χ0v) is 10.2. The number of hydrogen-bond acceptors (Lipinski definition) is 3. The van der Waals surface area contributed by atoms with E-state index in [1.54, 1.807) is 0 Å². The number of nitrogens with zero attached hydrogens (tertiary/aromatic N) is 2. The predicted octanol–water partition coefficient (Wildman–Crippen LogP) is 3.59. The quantitative estimate of drug-likeness (QED) is 0.801. The minimum Gasteiger partial charge on any atom is -0.387 e. The van der Waals surface area contributed by atoms with Crippen molar-refractivity contribution in [3.8, 4) is 11.3 Å². The largest absolute Gasteiger partial charge is 0.387 e. The molecular weight excluding hydrogens is 224 g/mol. The van der Waals surface area contributed by atoms with Crippen LogP contribution in [0.4, 0.5) is 0 Å². The Bertz CT molecular complexity index is 578. The van der Waals surface area contributed by atoms with Gasteiger partial charge in [0.25, 0.3) is 0 Å². The Morgan fingerprint density at radius 3 is 2.67 bits per heavy atom. The van der Waals surface area contributed by atoms with Gasteiger partial charge in [0.05, 0.1) is 11.4 Å². The molecule has 0 amide bonds. The van der Waals surface area contributed by atoms with E-state index < -0.39 is 0 Å². The Morgan fingerprint density at radius 2 is 1.94 bits per heavy atom. The molecule has 1 aromatic carbocycles. The van der Waals surface area contributed by atoms with Gasteiger partial charge in [0, 0.05) is 23.7 Å². The van der Waals surface area contributed by atoms with E-state index in [2.05, 4.69) is 22.3 Å². The molecule has 0 unspecified atom stereocenters. The van der Waals surface area contributed by atoms with Crippen LogP contribution in [-0.4, -0.2) is 10.7 Å². The van der Waals surface area contributed by atoms with Crippen molar-refractivity contribution in [2.75, 3.05) is 0 Å². The van der Waals surface area contributed by atoms with Gasteiger partial charge in [-0.1, -0.05) is 35.5 Å². The second-order valence-corrected chi connectivity index (χ2v) is 4.43. The van der Waals surface area contributed by atoms with Gasteiger partial charge in [0.2, 0.25) is 0 Å². The van der Waals surface area contributed by atoms with E-state index in [0.717, 1.165) is 29.0 Å². The van der Waals surface area contributed by atoms with E-state index in [1.165, 1.54) is 0 Å². The third-order valence-corrected chi connectivity index (χ3v) is 3.07. The van der Waals surface area contributed by atoms with Gasteiger partial charge in [-0.3, -0.25) is 4.98 Å². The van der Waals surface area contributed by atoms with Crippen molar-refractivity contribution < 1.29 is 4.84 Å². The first-order valence-electron chi connectivity index (χ1n) is 6.04. The molecule has 0 saturated carbocycles. The van der Waals surface area contributed by atoms with Crippen LogP contribution in [0.3, 0.4) is 0 Å². The first kappa shape index (κ1) is 11.0. The molecule has 2 heterocycles. The van der Waals surface area contributed by atoms with Crippen molar-refractivity contribution in [3.63, 3.8) is 0 Å². The van der Waals surface area contributed by atoms with Gasteiger partial charge in [-0.2, -0.15) is 0 Å². The van der Waals surface area contributed by atoms with E-state index in [1.807, 2.05) is 43.5 Å². The highest BCUT2D eigenvalue weighted by Gasteiger charge is 2.23. The summed E-state index contributed by atoms with van der Waals surface area (Å²) >= 11 is 0. The maximum absolute atomic E-state index is 5.47. The molecule has 1 aliphatic rings. The minimum atomic E-state index is 0.0169. The SMILES string of the molecule is CC1=NO[C@@H](c2ccccc2-c2ccccn2)C1. The Kier molecular flexibility index (Phi) is 2.81. The van der Waals surface area contributed by atoms with Crippen molar-refractivity contribution in [1.29, 1.82) is 0 Å². The first-order chi connectivity index (χ1) is 8.84. The van der Waals surface area contributed by atoms with E-state index in [4.69, 9.17) is 4.84 Å². The summed E-state index contributed by atoms with van der Waals surface area (Å²) in [6.07, 6.45) is 2.68. The average Bonchev–Trinajstić information content (AvgIpc) is 2.86. The fraction of sp³-hybridized carbons (Fsp3) is 0.200. The van der Waals surface area contributed by atoms with Gasteiger partial charge in [-0.15, -0.1) is 0 Å². The van der Waals surface area contributed by atoms with Gasteiger partial charge < -0.3 is 4.84 Å². The van der Waals surface area contributed by atoms with Gasteiger partial charge in [-0.25, -0.2) is 0 Å². The van der Waals surface area contributed by atoms with Crippen molar-refractivity contribution in [2.45, 2.75) is 19.4 Å². The zero-order chi connectivity index (χ0) is 12.4. The number of pyridine rings is 1. The molecule has 1 atom stereocenters. The molecule has 0 radical (unpaired) electrons. The fourth-order valence-corrected chi connectivity index (χ4v) is 2.20. The lowest BCUT2D eigenvalue weighted by Gasteiger charge is -2.13. The molecule has 0 saturated heterocycles. The molecule has 1 aliphatic heterocycles. The summed E-state index contributed by atoms with van der Waals surface area (Å²) in [5.41, 5.74) is 4.28. The number of rotatable bonds is 2. The van der Waals surface area contributed by atoms with E-state index in [-0.39, 0.29) is 6.10 Å². The first-order valence-corrected chi connectivity index (χ1v) is 6.04. The molecule has 90 valence electrons. The standard InChI is InChI=1S/C15H14N2O/c1-11-10-15(18-17-11)13-7-3-2-6-12(13)14-8-4-5-9-16-14/h2-9,15H,10H2,1H3/t15-/m1/s1. The molecule has 0 fully saturated rings. The molecule has 3 rings (SSSR count). The Labute approximate surface area is 106 Å². The second kappa shape index (κ2) is 4.61. The Hall–Kier alpha value is -2.16. The van der Waals surface area contributed by atoms with E-state index in [9.17, 15) is 0 Å². The van der Waals surface area contributed by atoms with Gasteiger partial charge >= 0.3 is 0 Å². The normalized spacial score (nSPS) is 18.3. The van der Waals surface area contributed by atoms with Crippen LogP contribution < -0.4 is 0 Å². The van der Waals surface area contributed by atoms with Crippen molar-refractivity contribution in [1.82, 2.24) is 4.98 Å². The Morgan fingerprint density at radius 1 is 1.11 bits per heavy atom. The fourth-order valence-electron chi connectivity index (χ4n) is 2.20. The maximum atomic E-state index is 5.47. The molecule has 2 aromatic rings. The molecule has 3 heteroatoms. The van der Waals surface area contributed by atoms with Crippen LogP contribution in [0, 0.1) is 0 Å². The molecule has 0 spiro atoms. The highest BCUT2D eigenvalue weighted by molar-refractivity contribution is 5.83. The summed E-state index contributed by atoms with van der Waals surface area (Å²) in [5, 5.41) is 4.02. The lowest BCUT2D eigenvalue weighted by molar-refractivity contribution is 0.0861. The highest BCUT2D eigenvalue weighted by atomic mass is 16.6. The van der Waals surface area contributed by atoms with Gasteiger partial charge in [0.15, 0.2) is 6.10 Å². The summed E-state index contributed by atoms with van der Waals surface area (Å²) < 4.78 is 0. The van der Waals surface area contributed by atoms with Gasteiger partial charge in [0.1, 0.15) is 0 Å². The molecule has 0 aliphatic carbocycles. The summed E-state index contributed by atoms with van der Waals surface area (Å²) in [5.74, 6) is 0. The third-order valence-electron chi connectivity index (χ3n) is 3.07. The van der Waals surface area contributed by atoms with Crippen LogP contribution in [0.2, 0.25) is 0 Å². The zero-order valence-electron chi connectivity index (χ0n) is 10.2.